The number of hydrogen-bond acceptors (Lipinski definition) is 2. The van der Waals surface area contributed by atoms with Crippen LogP contribution in [0.5, 0.6) is 0 Å². The molecule has 2 heteroatoms. The molecule has 0 spiro atoms. The van der Waals surface area contributed by atoms with Crippen molar-refractivity contribution in [1.82, 2.24) is 0 Å². The summed E-state index contributed by atoms with van der Waals surface area (Å²) in [6.45, 7) is 4.60. The summed E-state index contributed by atoms with van der Waals surface area (Å²) >= 11 is 0. The van der Waals surface area contributed by atoms with Crippen LogP contribution >= 0.6 is 0 Å². The van der Waals surface area contributed by atoms with Gasteiger partial charge in [0.05, 0.1) is 5.92 Å². The smallest absolute Gasteiger partial charge is 0.309 e. The van der Waals surface area contributed by atoms with Crippen molar-refractivity contribution in [3.63, 3.8) is 0 Å². The molecule has 3 aliphatic rings. The molecule has 3 saturated carbocycles. The first-order chi connectivity index (χ1) is 12.7. The third-order valence-electron chi connectivity index (χ3n) is 8.01. The van der Waals surface area contributed by atoms with Gasteiger partial charge in [0.2, 0.25) is 0 Å². The first kappa shape index (κ1) is 20.2. The van der Waals surface area contributed by atoms with E-state index in [0.29, 0.717) is 0 Å². The van der Waals surface area contributed by atoms with Crippen LogP contribution in [0.4, 0.5) is 0 Å². The van der Waals surface area contributed by atoms with Gasteiger partial charge in [-0.1, -0.05) is 46.0 Å². The molecule has 0 saturated heterocycles. The van der Waals surface area contributed by atoms with Crippen LogP contribution < -0.4 is 0 Å². The average molecular weight is 363 g/mol. The summed E-state index contributed by atoms with van der Waals surface area (Å²) in [7, 11) is 0. The molecule has 0 aliphatic heterocycles. The molecule has 0 N–H and O–H groups in total. The molecular weight excluding hydrogens is 320 g/mol. The van der Waals surface area contributed by atoms with Gasteiger partial charge in [0, 0.05) is 0 Å². The number of hydrogen-bond donors (Lipinski definition) is 0. The fourth-order valence-electron chi connectivity index (χ4n) is 6.10. The predicted molar refractivity (Wildman–Crippen MR) is 108 cm³/mol. The number of carbonyl (C=O) groups is 1. The van der Waals surface area contributed by atoms with Gasteiger partial charge in [0.25, 0.3) is 0 Å². The second-order valence-corrected chi connectivity index (χ2v) is 9.67. The topological polar surface area (TPSA) is 26.3 Å². The SMILES string of the molecule is CCCC1CCC(C2CCC(OC(=O)C3CCC(CC)CC3)CC2)CC1. The van der Waals surface area contributed by atoms with Crippen molar-refractivity contribution in [2.45, 2.75) is 116 Å². The molecule has 3 rings (SSSR count). The van der Waals surface area contributed by atoms with E-state index < -0.39 is 0 Å². The first-order valence-electron chi connectivity index (χ1n) is 11.9. The van der Waals surface area contributed by atoms with Crippen LogP contribution in [-0.4, -0.2) is 12.1 Å². The molecule has 3 fully saturated rings. The van der Waals surface area contributed by atoms with Crippen molar-refractivity contribution in [3.05, 3.63) is 0 Å². The summed E-state index contributed by atoms with van der Waals surface area (Å²) in [6.07, 6.45) is 19.5. The van der Waals surface area contributed by atoms with E-state index in [1.54, 1.807) is 0 Å². The molecule has 0 heterocycles. The molecule has 0 aromatic rings. The quantitative estimate of drug-likeness (QED) is 0.480. The maximum absolute atomic E-state index is 12.5. The van der Waals surface area contributed by atoms with E-state index in [0.717, 1.165) is 49.4 Å². The summed E-state index contributed by atoms with van der Waals surface area (Å²) in [6, 6.07) is 0. The lowest BCUT2D eigenvalue weighted by molar-refractivity contribution is -0.157. The molecule has 2 nitrogen and oxygen atoms in total. The van der Waals surface area contributed by atoms with Crippen molar-refractivity contribution in [3.8, 4) is 0 Å². The molecule has 26 heavy (non-hydrogen) atoms. The van der Waals surface area contributed by atoms with Gasteiger partial charge in [0.1, 0.15) is 6.10 Å². The number of carbonyl (C=O) groups excluding carboxylic acids is 1. The van der Waals surface area contributed by atoms with E-state index in [1.807, 2.05) is 0 Å². The molecule has 0 bridgehead atoms. The Morgan fingerprint density at radius 3 is 1.81 bits per heavy atom. The lowest BCUT2D eigenvalue weighted by Crippen LogP contribution is -2.32. The molecule has 0 amide bonds. The Morgan fingerprint density at radius 2 is 1.27 bits per heavy atom. The van der Waals surface area contributed by atoms with Crippen LogP contribution in [0.25, 0.3) is 0 Å². The Hall–Kier alpha value is -0.530. The minimum Gasteiger partial charge on any atom is -0.462 e. The van der Waals surface area contributed by atoms with Crippen molar-refractivity contribution in [2.24, 2.45) is 29.6 Å². The van der Waals surface area contributed by atoms with Gasteiger partial charge in [-0.25, -0.2) is 0 Å². The lowest BCUT2D eigenvalue weighted by atomic mass is 9.70. The third-order valence-corrected chi connectivity index (χ3v) is 8.01. The Kier molecular flexibility index (Phi) is 7.88. The number of esters is 1. The second kappa shape index (κ2) is 10.1. The highest BCUT2D eigenvalue weighted by molar-refractivity contribution is 5.72. The van der Waals surface area contributed by atoms with Crippen molar-refractivity contribution < 1.29 is 9.53 Å². The largest absolute Gasteiger partial charge is 0.462 e. The second-order valence-electron chi connectivity index (χ2n) is 9.67. The maximum Gasteiger partial charge on any atom is 0.309 e. The van der Waals surface area contributed by atoms with Gasteiger partial charge in [-0.05, 0) is 87.9 Å². The molecular formula is C24H42O2. The van der Waals surface area contributed by atoms with Crippen LogP contribution in [0, 0.1) is 29.6 Å². The van der Waals surface area contributed by atoms with Crippen LogP contribution in [-0.2, 0) is 9.53 Å². The van der Waals surface area contributed by atoms with Gasteiger partial charge < -0.3 is 4.74 Å². The van der Waals surface area contributed by atoms with Crippen LogP contribution in [0.15, 0.2) is 0 Å². The van der Waals surface area contributed by atoms with Crippen molar-refractivity contribution in [1.29, 1.82) is 0 Å². The normalized spacial score (nSPS) is 38.7. The van der Waals surface area contributed by atoms with E-state index in [9.17, 15) is 4.79 Å². The van der Waals surface area contributed by atoms with Crippen LogP contribution in [0.2, 0.25) is 0 Å². The van der Waals surface area contributed by atoms with E-state index >= 15 is 0 Å². The van der Waals surface area contributed by atoms with E-state index in [4.69, 9.17) is 4.74 Å². The molecule has 0 atom stereocenters. The van der Waals surface area contributed by atoms with E-state index in [2.05, 4.69) is 13.8 Å². The third kappa shape index (κ3) is 5.49. The summed E-state index contributed by atoms with van der Waals surface area (Å²) in [4.78, 5) is 12.5. The minimum atomic E-state index is 0.128. The highest BCUT2D eigenvalue weighted by atomic mass is 16.5. The summed E-state index contributed by atoms with van der Waals surface area (Å²) in [5.41, 5.74) is 0. The van der Waals surface area contributed by atoms with Crippen molar-refractivity contribution in [2.75, 3.05) is 0 Å². The van der Waals surface area contributed by atoms with Gasteiger partial charge in [-0.15, -0.1) is 0 Å². The Labute approximate surface area is 161 Å². The Bertz CT molecular complexity index is 408. The minimum absolute atomic E-state index is 0.128. The Morgan fingerprint density at radius 1 is 0.731 bits per heavy atom. The number of rotatable bonds is 6. The van der Waals surface area contributed by atoms with Gasteiger partial charge in [0.15, 0.2) is 0 Å². The van der Waals surface area contributed by atoms with Crippen molar-refractivity contribution >= 4 is 5.97 Å². The molecule has 0 aromatic carbocycles. The summed E-state index contributed by atoms with van der Waals surface area (Å²) < 4.78 is 5.95. The van der Waals surface area contributed by atoms with Gasteiger partial charge in [-0.2, -0.15) is 0 Å². The molecule has 0 unspecified atom stereocenters. The highest BCUT2D eigenvalue weighted by Crippen LogP contribution is 2.41. The summed E-state index contributed by atoms with van der Waals surface area (Å²) in [5.74, 6) is 4.06. The predicted octanol–water partition coefficient (Wildman–Crippen LogP) is 6.91. The zero-order valence-electron chi connectivity index (χ0n) is 17.4. The molecule has 150 valence electrons. The average Bonchev–Trinajstić information content (AvgIpc) is 2.69. The first-order valence-corrected chi connectivity index (χ1v) is 11.9. The lowest BCUT2D eigenvalue weighted by Gasteiger charge is -2.38. The molecule has 0 radical (unpaired) electrons. The summed E-state index contributed by atoms with van der Waals surface area (Å²) in [5, 5.41) is 0. The van der Waals surface area contributed by atoms with Gasteiger partial charge >= 0.3 is 5.97 Å². The standard InChI is InChI=1S/C24H42O2/c1-3-5-19-8-10-20(11-9-19)21-14-16-23(17-15-21)26-24(25)22-12-6-18(4-2)7-13-22/h18-23H,3-17H2,1-2H3. The number of ether oxygens (including phenoxy) is 1. The fraction of sp³-hybridized carbons (Fsp3) is 0.958. The van der Waals surface area contributed by atoms with Gasteiger partial charge in [-0.3, -0.25) is 4.79 Å². The maximum atomic E-state index is 12.5. The fourth-order valence-corrected chi connectivity index (χ4v) is 6.10. The van der Waals surface area contributed by atoms with Crippen LogP contribution in [0.1, 0.15) is 110 Å². The molecule has 3 aliphatic carbocycles. The van der Waals surface area contributed by atoms with Crippen LogP contribution in [0.3, 0.4) is 0 Å². The Balaban J connectivity index is 1.34. The highest BCUT2D eigenvalue weighted by Gasteiger charge is 2.33. The molecule has 0 aromatic heterocycles. The van der Waals surface area contributed by atoms with E-state index in [-0.39, 0.29) is 18.0 Å². The monoisotopic (exact) mass is 362 g/mol. The van der Waals surface area contributed by atoms with E-state index in [1.165, 1.54) is 70.6 Å². The zero-order chi connectivity index (χ0) is 18.4. The zero-order valence-corrected chi connectivity index (χ0v) is 17.4.